The number of carbonyl (C=O) groups is 2. The molecule has 7 heteroatoms. The van der Waals surface area contributed by atoms with E-state index in [1.807, 2.05) is 0 Å². The molecule has 2 fully saturated rings. The van der Waals surface area contributed by atoms with Gasteiger partial charge < -0.3 is 9.47 Å². The number of carbonyl (C=O) groups excluding carboxylic acids is 2. The summed E-state index contributed by atoms with van der Waals surface area (Å²) in [6.45, 7) is 3.78. The van der Waals surface area contributed by atoms with E-state index in [-0.39, 0.29) is 31.0 Å². The summed E-state index contributed by atoms with van der Waals surface area (Å²) >= 11 is 0. The van der Waals surface area contributed by atoms with Crippen LogP contribution in [0.3, 0.4) is 0 Å². The number of ether oxygens (including phenoxy) is 2. The summed E-state index contributed by atoms with van der Waals surface area (Å²) in [6.07, 6.45) is -0.695. The van der Waals surface area contributed by atoms with Crippen molar-refractivity contribution in [3.8, 4) is 0 Å². The summed E-state index contributed by atoms with van der Waals surface area (Å²) in [5.41, 5.74) is 0.900. The van der Waals surface area contributed by atoms with Gasteiger partial charge in [0.25, 0.3) is 0 Å². The lowest BCUT2D eigenvalue weighted by atomic mass is 9.63. The second-order valence-electron chi connectivity index (χ2n) is 8.61. The molecule has 3 aliphatic rings. The number of esters is 2. The van der Waals surface area contributed by atoms with Gasteiger partial charge in [-0.3, -0.25) is 9.59 Å². The largest absolute Gasteiger partial charge is 0.465 e. The van der Waals surface area contributed by atoms with Crippen LogP contribution in [-0.2, 0) is 25.2 Å². The maximum absolute atomic E-state index is 13.1. The molecule has 4 rings (SSSR count). The van der Waals surface area contributed by atoms with Crippen molar-refractivity contribution in [3.05, 3.63) is 41.0 Å². The van der Waals surface area contributed by atoms with Gasteiger partial charge in [0.1, 0.15) is 0 Å². The molecule has 3 aliphatic carbocycles. The van der Waals surface area contributed by atoms with Crippen LogP contribution >= 0.6 is 0 Å². The molecule has 0 unspecified atom stereocenters. The van der Waals surface area contributed by atoms with Gasteiger partial charge in [-0.2, -0.15) is 13.2 Å². The molecule has 0 N–H and O–H groups in total. The predicted molar refractivity (Wildman–Crippen MR) is 108 cm³/mol. The Balaban J connectivity index is 1.74. The van der Waals surface area contributed by atoms with E-state index >= 15 is 0 Å². The fourth-order valence-electron chi connectivity index (χ4n) is 6.02. The minimum atomic E-state index is -4.39. The number of rotatable bonds is 5. The normalized spacial score (nSPS) is 26.5. The average molecular weight is 436 g/mol. The maximum atomic E-state index is 13.1. The van der Waals surface area contributed by atoms with E-state index in [0.29, 0.717) is 6.42 Å². The molecule has 2 saturated carbocycles. The zero-order valence-electron chi connectivity index (χ0n) is 17.8. The van der Waals surface area contributed by atoms with E-state index in [1.165, 1.54) is 17.7 Å². The fraction of sp³-hybridized carbons (Fsp3) is 0.583. The molecule has 4 nitrogen and oxygen atoms in total. The summed E-state index contributed by atoms with van der Waals surface area (Å²) in [6, 6.07) is 5.22. The van der Waals surface area contributed by atoms with Crippen LogP contribution in [0.1, 0.15) is 57.1 Å². The Morgan fingerprint density at radius 3 is 2.19 bits per heavy atom. The van der Waals surface area contributed by atoms with Crippen LogP contribution in [0.4, 0.5) is 13.2 Å². The first-order valence-corrected chi connectivity index (χ1v) is 11.0. The van der Waals surface area contributed by atoms with Crippen molar-refractivity contribution < 1.29 is 32.2 Å². The third-order valence-corrected chi connectivity index (χ3v) is 7.17. The van der Waals surface area contributed by atoms with E-state index in [1.54, 1.807) is 13.8 Å². The zero-order valence-corrected chi connectivity index (χ0v) is 17.8. The van der Waals surface area contributed by atoms with Crippen molar-refractivity contribution in [2.45, 2.75) is 52.1 Å². The lowest BCUT2D eigenvalue weighted by molar-refractivity contribution is -0.176. The van der Waals surface area contributed by atoms with Crippen LogP contribution in [0, 0.1) is 23.2 Å². The molecule has 31 heavy (non-hydrogen) atoms. The van der Waals surface area contributed by atoms with Crippen molar-refractivity contribution in [2.75, 3.05) is 13.2 Å². The Labute approximate surface area is 179 Å². The molecule has 0 bridgehead atoms. The van der Waals surface area contributed by atoms with E-state index < -0.39 is 29.1 Å². The van der Waals surface area contributed by atoms with E-state index in [0.717, 1.165) is 49.0 Å². The third kappa shape index (κ3) is 3.37. The van der Waals surface area contributed by atoms with Gasteiger partial charge in [-0.25, -0.2) is 0 Å². The molecule has 1 aromatic carbocycles. The Kier molecular flexibility index (Phi) is 5.64. The van der Waals surface area contributed by atoms with E-state index in [4.69, 9.17) is 9.47 Å². The molecule has 0 amide bonds. The van der Waals surface area contributed by atoms with Gasteiger partial charge in [0.2, 0.25) is 0 Å². The molecule has 0 aromatic heterocycles. The highest BCUT2D eigenvalue weighted by molar-refractivity contribution is 6.02. The zero-order chi connectivity index (χ0) is 22.4. The first-order chi connectivity index (χ1) is 14.8. The quantitative estimate of drug-likeness (QED) is 0.457. The van der Waals surface area contributed by atoms with Crippen LogP contribution in [0.5, 0.6) is 0 Å². The smallest absolute Gasteiger partial charge is 0.416 e. The van der Waals surface area contributed by atoms with Crippen molar-refractivity contribution in [3.63, 3.8) is 0 Å². The highest BCUT2D eigenvalue weighted by Gasteiger charge is 2.68. The summed E-state index contributed by atoms with van der Waals surface area (Å²) in [5, 5.41) is 0. The van der Waals surface area contributed by atoms with Gasteiger partial charge in [0, 0.05) is 0 Å². The molecule has 0 heterocycles. The standard InChI is InChI=1S/C24H27F3O4/c1-3-30-21(28)23(22(29)31-4-2)13-17-19(16-7-5-6-8-18(23)20(16)17)14-9-11-15(12-10-14)24(25,26)27/h9-12,17-18,20H,3-8,13H2,1-2H3/t17-,18+,20+/m0/s1. The monoisotopic (exact) mass is 436 g/mol. The van der Waals surface area contributed by atoms with Crippen molar-refractivity contribution in [2.24, 2.45) is 23.2 Å². The predicted octanol–water partition coefficient (Wildman–Crippen LogP) is 5.41. The highest BCUT2D eigenvalue weighted by Crippen LogP contribution is 2.67. The maximum Gasteiger partial charge on any atom is 0.416 e. The van der Waals surface area contributed by atoms with Gasteiger partial charge >= 0.3 is 18.1 Å². The Bertz CT molecular complexity index is 882. The van der Waals surface area contributed by atoms with Gasteiger partial charge in [-0.15, -0.1) is 0 Å². The van der Waals surface area contributed by atoms with Crippen LogP contribution in [-0.4, -0.2) is 25.2 Å². The number of halogens is 3. The second kappa shape index (κ2) is 7.99. The lowest BCUT2D eigenvalue weighted by Gasteiger charge is -2.40. The Hall–Kier alpha value is -2.31. The van der Waals surface area contributed by atoms with Crippen LogP contribution in [0.15, 0.2) is 29.8 Å². The first-order valence-electron chi connectivity index (χ1n) is 11.0. The number of hydrogen-bond donors (Lipinski definition) is 0. The molecule has 0 spiro atoms. The van der Waals surface area contributed by atoms with Gasteiger partial charge in [-0.05, 0) is 80.6 Å². The van der Waals surface area contributed by atoms with Gasteiger partial charge in [-0.1, -0.05) is 24.1 Å². The summed E-state index contributed by atoms with van der Waals surface area (Å²) in [5.74, 6) is -1.22. The van der Waals surface area contributed by atoms with Gasteiger partial charge in [0.15, 0.2) is 5.41 Å². The van der Waals surface area contributed by atoms with Crippen molar-refractivity contribution in [1.82, 2.24) is 0 Å². The third-order valence-electron chi connectivity index (χ3n) is 7.17. The average Bonchev–Trinajstić information content (AvgIpc) is 2.86. The van der Waals surface area contributed by atoms with Crippen molar-refractivity contribution >= 4 is 17.5 Å². The first kappa shape index (κ1) is 21.9. The van der Waals surface area contributed by atoms with Gasteiger partial charge in [0.05, 0.1) is 18.8 Å². The molecule has 0 aliphatic heterocycles. The molecular weight excluding hydrogens is 409 g/mol. The van der Waals surface area contributed by atoms with Crippen LogP contribution in [0.2, 0.25) is 0 Å². The number of allylic oxidation sites excluding steroid dienone is 2. The number of hydrogen-bond acceptors (Lipinski definition) is 4. The number of benzene rings is 1. The van der Waals surface area contributed by atoms with E-state index in [2.05, 4.69) is 0 Å². The minimum absolute atomic E-state index is 0.0522. The molecular formula is C24H27F3O4. The van der Waals surface area contributed by atoms with Crippen LogP contribution < -0.4 is 0 Å². The second-order valence-corrected chi connectivity index (χ2v) is 8.61. The number of alkyl halides is 3. The molecule has 168 valence electrons. The van der Waals surface area contributed by atoms with E-state index in [9.17, 15) is 22.8 Å². The Morgan fingerprint density at radius 1 is 1.03 bits per heavy atom. The lowest BCUT2D eigenvalue weighted by Crippen LogP contribution is -2.46. The minimum Gasteiger partial charge on any atom is -0.465 e. The molecule has 1 aromatic rings. The fourth-order valence-corrected chi connectivity index (χ4v) is 6.02. The Morgan fingerprint density at radius 2 is 1.65 bits per heavy atom. The highest BCUT2D eigenvalue weighted by atomic mass is 19.4. The topological polar surface area (TPSA) is 52.6 Å². The summed E-state index contributed by atoms with van der Waals surface area (Å²) in [4.78, 5) is 26.3. The summed E-state index contributed by atoms with van der Waals surface area (Å²) in [7, 11) is 0. The molecule has 0 saturated heterocycles. The molecule has 3 atom stereocenters. The van der Waals surface area contributed by atoms with Crippen molar-refractivity contribution in [1.29, 1.82) is 0 Å². The SMILES string of the molecule is CCOC(=O)C1(C(=O)OCC)C[C@H]2C(c3ccc(C(F)(F)F)cc3)=C3CCCC[C@@H]1[C@H]32. The summed E-state index contributed by atoms with van der Waals surface area (Å²) < 4.78 is 49.7. The molecule has 0 radical (unpaired) electrons. The van der Waals surface area contributed by atoms with Crippen LogP contribution in [0.25, 0.3) is 5.57 Å².